The van der Waals surface area contributed by atoms with Crippen LogP contribution in [-0.2, 0) is 4.74 Å². The summed E-state index contributed by atoms with van der Waals surface area (Å²) in [7, 11) is 0. The molecule has 2 aromatic heterocycles. The van der Waals surface area contributed by atoms with Gasteiger partial charge in [0.1, 0.15) is 0 Å². The summed E-state index contributed by atoms with van der Waals surface area (Å²) in [6.07, 6.45) is 5.57. The van der Waals surface area contributed by atoms with Crippen LogP contribution in [-0.4, -0.2) is 42.3 Å². The van der Waals surface area contributed by atoms with E-state index in [0.717, 1.165) is 26.3 Å². The van der Waals surface area contributed by atoms with Crippen LogP contribution < -0.4 is 4.90 Å². The molecule has 1 aliphatic rings. The topological polar surface area (TPSA) is 29.8 Å². The number of aromatic nitrogens is 2. The monoisotopic (exact) mass is 295 g/mol. The molecule has 0 bridgehead atoms. The van der Waals surface area contributed by atoms with Crippen molar-refractivity contribution in [2.45, 2.75) is 19.8 Å². The van der Waals surface area contributed by atoms with Gasteiger partial charge in [0.25, 0.3) is 0 Å². The normalized spacial score (nSPS) is 15.3. The Hall–Kier alpha value is -1.26. The minimum Gasteiger partial charge on any atom is -0.378 e. The molecule has 3 heterocycles. The second-order valence-corrected chi connectivity index (χ2v) is 5.07. The number of nitrogens with zero attached hydrogens (tertiary/aromatic N) is 3. The number of hydrogen-bond acceptors (Lipinski definition) is 3. The number of ether oxygens (including phenoxy) is 1. The molecule has 110 valence electrons. The Morgan fingerprint density at radius 3 is 2.55 bits per heavy atom. The molecular formula is C15H22ClN3O. The Labute approximate surface area is 125 Å². The smallest absolute Gasteiger partial charge is 0.0697 e. The van der Waals surface area contributed by atoms with Gasteiger partial charge >= 0.3 is 0 Å². The Kier molecular flexibility index (Phi) is 5.26. The van der Waals surface area contributed by atoms with E-state index < -0.39 is 0 Å². The Balaban J connectivity index is 0.000000704. The second-order valence-electron chi connectivity index (χ2n) is 5.07. The second kappa shape index (κ2) is 6.95. The Morgan fingerprint density at radius 2 is 1.90 bits per heavy atom. The molecule has 2 aromatic rings. The van der Waals surface area contributed by atoms with E-state index in [4.69, 9.17) is 4.74 Å². The number of pyridine rings is 1. The maximum atomic E-state index is 5.38. The number of alkyl halides is 1. The molecule has 0 aliphatic carbocycles. The predicted octanol–water partition coefficient (Wildman–Crippen LogP) is 3.15. The molecule has 5 heteroatoms. The zero-order valence-electron chi connectivity index (χ0n) is 12.3. The number of halogens is 1. The number of fused-ring (bicyclic) bond motifs is 1. The van der Waals surface area contributed by atoms with E-state index >= 15 is 0 Å². The lowest BCUT2D eigenvalue weighted by Crippen LogP contribution is -2.36. The third kappa shape index (κ3) is 3.07. The summed E-state index contributed by atoms with van der Waals surface area (Å²) < 4.78 is 7.37. The molecule has 1 aliphatic heterocycles. The molecule has 0 aromatic carbocycles. The van der Waals surface area contributed by atoms with Gasteiger partial charge in [-0.15, -0.1) is 11.6 Å². The van der Waals surface area contributed by atoms with E-state index in [9.17, 15) is 0 Å². The van der Waals surface area contributed by atoms with Crippen molar-refractivity contribution >= 4 is 22.8 Å². The fraction of sp³-hybridized carbons (Fsp3) is 0.533. The molecular weight excluding hydrogens is 274 g/mol. The standard InChI is InChI=1S/C14H19N3O.CH3Cl/c1-11(2)13-9-15-17-10-12(3-4-14(13)17)16-5-7-18-8-6-16;1-2/h3-4,9-11H,5-8H2,1-2H3;1H3. The van der Waals surface area contributed by atoms with Crippen molar-refractivity contribution in [2.24, 2.45) is 0 Å². The van der Waals surface area contributed by atoms with E-state index in [1.807, 2.05) is 10.7 Å². The van der Waals surface area contributed by atoms with E-state index in [2.05, 4.69) is 53.8 Å². The summed E-state index contributed by atoms with van der Waals surface area (Å²) in [5.41, 5.74) is 3.75. The fourth-order valence-electron chi connectivity index (χ4n) is 2.45. The van der Waals surface area contributed by atoms with Crippen LogP contribution >= 0.6 is 11.6 Å². The van der Waals surface area contributed by atoms with Crippen molar-refractivity contribution in [3.8, 4) is 0 Å². The highest BCUT2D eigenvalue weighted by molar-refractivity contribution is 6.15. The molecule has 4 nitrogen and oxygen atoms in total. The first-order valence-electron chi connectivity index (χ1n) is 6.93. The van der Waals surface area contributed by atoms with Crippen LogP contribution in [0.4, 0.5) is 5.69 Å². The van der Waals surface area contributed by atoms with Crippen LogP contribution in [0.3, 0.4) is 0 Å². The van der Waals surface area contributed by atoms with Crippen molar-refractivity contribution in [2.75, 3.05) is 37.6 Å². The predicted molar refractivity (Wildman–Crippen MR) is 84.1 cm³/mol. The van der Waals surface area contributed by atoms with Gasteiger partial charge in [-0.3, -0.25) is 0 Å². The SMILES string of the molecule is CC(C)c1cnn2cc(N3CCOCC3)ccc12.CCl. The van der Waals surface area contributed by atoms with Gasteiger partial charge in [0.05, 0.1) is 36.8 Å². The maximum Gasteiger partial charge on any atom is 0.0697 e. The summed E-state index contributed by atoms with van der Waals surface area (Å²) >= 11 is 4.64. The summed E-state index contributed by atoms with van der Waals surface area (Å²) in [5.74, 6) is 0.511. The van der Waals surface area contributed by atoms with E-state index in [0.29, 0.717) is 5.92 Å². The number of morpholine rings is 1. The fourth-order valence-corrected chi connectivity index (χ4v) is 2.45. The Bertz CT molecular complexity index is 547. The molecule has 0 saturated carbocycles. The van der Waals surface area contributed by atoms with Crippen LogP contribution in [0.2, 0.25) is 0 Å². The average Bonchev–Trinajstić information content (AvgIpc) is 2.93. The first kappa shape index (κ1) is 15.1. The number of hydrogen-bond donors (Lipinski definition) is 0. The molecule has 0 N–H and O–H groups in total. The molecule has 0 amide bonds. The van der Waals surface area contributed by atoms with Gasteiger partial charge in [0, 0.05) is 25.0 Å². The highest BCUT2D eigenvalue weighted by atomic mass is 35.5. The molecule has 1 saturated heterocycles. The van der Waals surface area contributed by atoms with E-state index in [1.54, 1.807) is 0 Å². The largest absolute Gasteiger partial charge is 0.378 e. The molecule has 0 unspecified atom stereocenters. The summed E-state index contributed by atoms with van der Waals surface area (Å²) in [4.78, 5) is 2.35. The molecule has 3 rings (SSSR count). The molecule has 0 spiro atoms. The average molecular weight is 296 g/mol. The van der Waals surface area contributed by atoms with Gasteiger partial charge in [0.2, 0.25) is 0 Å². The molecule has 20 heavy (non-hydrogen) atoms. The number of rotatable bonds is 2. The molecule has 0 radical (unpaired) electrons. The minimum absolute atomic E-state index is 0.511. The van der Waals surface area contributed by atoms with Crippen molar-refractivity contribution in [1.82, 2.24) is 9.61 Å². The lowest BCUT2D eigenvalue weighted by Gasteiger charge is -2.28. The van der Waals surface area contributed by atoms with Crippen molar-refractivity contribution in [3.05, 3.63) is 30.1 Å². The minimum atomic E-state index is 0.511. The van der Waals surface area contributed by atoms with Gasteiger partial charge in [-0.2, -0.15) is 5.10 Å². The van der Waals surface area contributed by atoms with Crippen LogP contribution in [0.15, 0.2) is 24.5 Å². The highest BCUT2D eigenvalue weighted by Gasteiger charge is 2.13. The lowest BCUT2D eigenvalue weighted by molar-refractivity contribution is 0.122. The zero-order chi connectivity index (χ0) is 14.5. The van der Waals surface area contributed by atoms with Gasteiger partial charge < -0.3 is 9.64 Å². The van der Waals surface area contributed by atoms with Crippen LogP contribution in [0.1, 0.15) is 25.3 Å². The number of anilines is 1. The summed E-state index contributed by atoms with van der Waals surface area (Å²) in [6.45, 7) is 7.95. The zero-order valence-corrected chi connectivity index (χ0v) is 13.1. The Morgan fingerprint density at radius 1 is 1.20 bits per heavy atom. The summed E-state index contributed by atoms with van der Waals surface area (Å²) in [5, 5.41) is 4.45. The first-order chi connectivity index (χ1) is 9.75. The van der Waals surface area contributed by atoms with Gasteiger partial charge in [-0.25, -0.2) is 4.52 Å². The van der Waals surface area contributed by atoms with Gasteiger partial charge in [-0.05, 0) is 18.1 Å². The highest BCUT2D eigenvalue weighted by Crippen LogP contribution is 2.23. The molecule has 0 atom stereocenters. The lowest BCUT2D eigenvalue weighted by atomic mass is 10.1. The van der Waals surface area contributed by atoms with E-state index in [1.165, 1.54) is 23.2 Å². The van der Waals surface area contributed by atoms with Crippen molar-refractivity contribution in [1.29, 1.82) is 0 Å². The van der Waals surface area contributed by atoms with Crippen LogP contribution in [0.25, 0.3) is 5.52 Å². The first-order valence-corrected chi connectivity index (χ1v) is 7.69. The van der Waals surface area contributed by atoms with Gasteiger partial charge in [0.15, 0.2) is 0 Å². The quantitative estimate of drug-likeness (QED) is 0.797. The van der Waals surface area contributed by atoms with Gasteiger partial charge in [-0.1, -0.05) is 13.8 Å². The van der Waals surface area contributed by atoms with Crippen molar-refractivity contribution < 1.29 is 4.74 Å². The molecule has 1 fully saturated rings. The van der Waals surface area contributed by atoms with Crippen LogP contribution in [0.5, 0.6) is 0 Å². The van der Waals surface area contributed by atoms with Crippen molar-refractivity contribution in [3.63, 3.8) is 0 Å². The third-order valence-corrected chi connectivity index (χ3v) is 3.53. The third-order valence-electron chi connectivity index (χ3n) is 3.53. The van der Waals surface area contributed by atoms with Crippen LogP contribution in [0, 0.1) is 0 Å². The maximum absolute atomic E-state index is 5.38. The summed E-state index contributed by atoms with van der Waals surface area (Å²) in [6, 6.07) is 4.36. The van der Waals surface area contributed by atoms with E-state index in [-0.39, 0.29) is 0 Å².